The van der Waals surface area contributed by atoms with Crippen LogP contribution >= 0.6 is 11.6 Å². The van der Waals surface area contributed by atoms with Crippen molar-refractivity contribution in [2.75, 3.05) is 23.4 Å². The Hall–Kier alpha value is -2.93. The fourth-order valence-electron chi connectivity index (χ4n) is 3.33. The molecule has 0 atom stereocenters. The summed E-state index contributed by atoms with van der Waals surface area (Å²) in [6.07, 6.45) is 2.02. The molecule has 1 aromatic heterocycles. The van der Waals surface area contributed by atoms with Crippen molar-refractivity contribution in [3.63, 3.8) is 0 Å². The first-order chi connectivity index (χ1) is 13.5. The lowest BCUT2D eigenvalue weighted by atomic mass is 10.1. The van der Waals surface area contributed by atoms with Gasteiger partial charge in [-0.2, -0.15) is 4.68 Å². The molecular weight excluding hydrogens is 383 g/mol. The van der Waals surface area contributed by atoms with Crippen LogP contribution in [0.1, 0.15) is 18.4 Å². The van der Waals surface area contributed by atoms with Crippen molar-refractivity contribution in [2.45, 2.75) is 19.3 Å². The number of rotatable bonds is 4. The topological polar surface area (TPSA) is 67.2 Å². The minimum Gasteiger partial charge on any atom is -0.341 e. The Labute approximate surface area is 165 Å². The quantitative estimate of drug-likeness (QED) is 0.730. The number of anilines is 1. The number of carbonyl (C=O) groups excluding carboxylic acids is 1. The molecule has 0 aliphatic carbocycles. The molecule has 1 amide bonds. The summed E-state index contributed by atoms with van der Waals surface area (Å²) in [6.45, 7) is 1.45. The Morgan fingerprint density at radius 2 is 1.86 bits per heavy atom. The maximum atomic E-state index is 13.6. The molecule has 1 saturated heterocycles. The molecule has 0 spiro atoms. The third-order valence-corrected chi connectivity index (χ3v) is 4.97. The third-order valence-electron chi connectivity index (χ3n) is 4.72. The van der Waals surface area contributed by atoms with Crippen molar-refractivity contribution < 1.29 is 9.18 Å². The SMILES string of the molecule is O=C(Cc1ccc(Cl)cc1)Nn1c(N2CCCC2)nc2cc(F)ccc2c1=O. The van der Waals surface area contributed by atoms with Crippen molar-refractivity contribution in [3.05, 3.63) is 69.2 Å². The molecule has 8 heteroatoms. The predicted molar refractivity (Wildman–Crippen MR) is 107 cm³/mol. The molecule has 0 saturated carbocycles. The Bertz CT molecular complexity index is 1090. The lowest BCUT2D eigenvalue weighted by Gasteiger charge is -2.22. The molecular formula is C20H18ClFN4O2. The highest BCUT2D eigenvalue weighted by Crippen LogP contribution is 2.19. The van der Waals surface area contributed by atoms with Crippen LogP contribution in [-0.4, -0.2) is 28.7 Å². The van der Waals surface area contributed by atoms with Gasteiger partial charge >= 0.3 is 0 Å². The Morgan fingerprint density at radius 3 is 2.57 bits per heavy atom. The highest BCUT2D eigenvalue weighted by molar-refractivity contribution is 6.30. The van der Waals surface area contributed by atoms with Crippen LogP contribution < -0.4 is 15.9 Å². The molecule has 4 rings (SSSR count). The van der Waals surface area contributed by atoms with Crippen LogP contribution in [0, 0.1) is 5.82 Å². The lowest BCUT2D eigenvalue weighted by Crippen LogP contribution is -2.39. The summed E-state index contributed by atoms with van der Waals surface area (Å²) < 4.78 is 14.8. The molecule has 1 aliphatic rings. The molecule has 2 heterocycles. The van der Waals surface area contributed by atoms with E-state index in [1.165, 1.54) is 22.9 Å². The van der Waals surface area contributed by atoms with E-state index in [1.54, 1.807) is 24.3 Å². The minimum atomic E-state index is -0.462. The van der Waals surface area contributed by atoms with E-state index in [9.17, 15) is 14.0 Å². The second-order valence-corrected chi connectivity index (χ2v) is 7.18. The van der Waals surface area contributed by atoms with E-state index in [1.807, 2.05) is 4.90 Å². The van der Waals surface area contributed by atoms with E-state index in [2.05, 4.69) is 10.4 Å². The van der Waals surface area contributed by atoms with Gasteiger partial charge in [0.2, 0.25) is 11.9 Å². The van der Waals surface area contributed by atoms with E-state index in [-0.39, 0.29) is 23.2 Å². The van der Waals surface area contributed by atoms with Crippen LogP contribution in [0.2, 0.25) is 5.02 Å². The molecule has 3 aromatic rings. The van der Waals surface area contributed by atoms with Gasteiger partial charge in [-0.05, 0) is 42.7 Å². The van der Waals surface area contributed by atoms with Crippen LogP contribution in [0.5, 0.6) is 0 Å². The zero-order valence-corrected chi connectivity index (χ0v) is 15.7. The normalized spacial score (nSPS) is 13.9. The summed E-state index contributed by atoms with van der Waals surface area (Å²) in [6, 6.07) is 10.8. The molecule has 1 aliphatic heterocycles. The van der Waals surface area contributed by atoms with Crippen molar-refractivity contribution in [1.82, 2.24) is 9.66 Å². The number of benzene rings is 2. The Balaban J connectivity index is 1.71. The van der Waals surface area contributed by atoms with Gasteiger partial charge in [0.05, 0.1) is 17.3 Å². The molecule has 6 nitrogen and oxygen atoms in total. The van der Waals surface area contributed by atoms with Gasteiger partial charge in [-0.1, -0.05) is 23.7 Å². The van der Waals surface area contributed by atoms with E-state index < -0.39 is 11.4 Å². The number of carbonyl (C=O) groups is 1. The van der Waals surface area contributed by atoms with E-state index >= 15 is 0 Å². The number of hydrogen-bond donors (Lipinski definition) is 1. The molecule has 1 fully saturated rings. The van der Waals surface area contributed by atoms with Crippen LogP contribution in [0.3, 0.4) is 0 Å². The van der Waals surface area contributed by atoms with Crippen molar-refractivity contribution in [1.29, 1.82) is 0 Å². The Morgan fingerprint density at radius 1 is 1.14 bits per heavy atom. The van der Waals surface area contributed by atoms with Crippen LogP contribution in [0.15, 0.2) is 47.3 Å². The number of halogens is 2. The van der Waals surface area contributed by atoms with Crippen LogP contribution in [0.25, 0.3) is 10.9 Å². The highest BCUT2D eigenvalue weighted by atomic mass is 35.5. The second-order valence-electron chi connectivity index (χ2n) is 6.75. The van der Waals surface area contributed by atoms with Crippen LogP contribution in [-0.2, 0) is 11.2 Å². The van der Waals surface area contributed by atoms with Gasteiger partial charge in [0.1, 0.15) is 5.82 Å². The monoisotopic (exact) mass is 400 g/mol. The van der Waals surface area contributed by atoms with Crippen molar-refractivity contribution in [3.8, 4) is 0 Å². The molecule has 0 bridgehead atoms. The van der Waals surface area contributed by atoms with Gasteiger partial charge in [0.15, 0.2) is 0 Å². The standard InChI is InChI=1S/C20H18ClFN4O2/c21-14-5-3-13(4-6-14)11-18(27)24-26-19(28)16-8-7-15(22)12-17(16)23-20(26)25-9-1-2-10-25/h3-8,12H,1-2,9-11H2,(H,24,27). The summed E-state index contributed by atoms with van der Waals surface area (Å²) in [4.78, 5) is 31.9. The number of nitrogens with one attached hydrogen (secondary N) is 1. The first-order valence-corrected chi connectivity index (χ1v) is 9.40. The number of amides is 1. The fraction of sp³-hybridized carbons (Fsp3) is 0.250. The molecule has 0 unspecified atom stereocenters. The van der Waals surface area contributed by atoms with E-state index in [0.717, 1.165) is 31.5 Å². The maximum absolute atomic E-state index is 13.6. The lowest BCUT2D eigenvalue weighted by molar-refractivity contribution is -0.116. The highest BCUT2D eigenvalue weighted by Gasteiger charge is 2.21. The largest absolute Gasteiger partial charge is 0.341 e. The van der Waals surface area contributed by atoms with Gasteiger partial charge in [0, 0.05) is 24.2 Å². The van der Waals surface area contributed by atoms with E-state index in [0.29, 0.717) is 11.0 Å². The molecule has 0 radical (unpaired) electrons. The second kappa shape index (κ2) is 7.59. The first kappa shape index (κ1) is 18.4. The van der Waals surface area contributed by atoms with Crippen molar-refractivity contribution >= 4 is 34.4 Å². The summed E-state index contributed by atoms with van der Waals surface area (Å²) in [5.74, 6) is -0.491. The third kappa shape index (κ3) is 3.71. The zero-order valence-electron chi connectivity index (χ0n) is 15.0. The number of aromatic nitrogens is 2. The first-order valence-electron chi connectivity index (χ1n) is 9.03. The number of hydrogen-bond acceptors (Lipinski definition) is 4. The van der Waals surface area contributed by atoms with Gasteiger partial charge in [-0.3, -0.25) is 15.0 Å². The van der Waals surface area contributed by atoms with Gasteiger partial charge in [-0.25, -0.2) is 9.37 Å². The zero-order chi connectivity index (χ0) is 19.7. The van der Waals surface area contributed by atoms with E-state index in [4.69, 9.17) is 11.6 Å². The molecule has 2 aromatic carbocycles. The molecule has 28 heavy (non-hydrogen) atoms. The molecule has 144 valence electrons. The van der Waals surface area contributed by atoms with Gasteiger partial charge < -0.3 is 4.90 Å². The smallest absolute Gasteiger partial charge is 0.281 e. The minimum absolute atomic E-state index is 0.0878. The number of nitrogens with zero attached hydrogens (tertiary/aromatic N) is 3. The Kier molecular flexibility index (Phi) is 5.00. The van der Waals surface area contributed by atoms with Crippen LogP contribution in [0.4, 0.5) is 10.3 Å². The number of fused-ring (bicyclic) bond motifs is 1. The summed E-state index contributed by atoms with van der Waals surface area (Å²) in [7, 11) is 0. The summed E-state index contributed by atoms with van der Waals surface area (Å²) in [5.41, 5.74) is 3.27. The van der Waals surface area contributed by atoms with Gasteiger partial charge in [0.25, 0.3) is 5.56 Å². The average molecular weight is 401 g/mol. The van der Waals surface area contributed by atoms with Crippen molar-refractivity contribution in [2.24, 2.45) is 0 Å². The van der Waals surface area contributed by atoms with Gasteiger partial charge in [-0.15, -0.1) is 0 Å². The molecule has 1 N–H and O–H groups in total. The average Bonchev–Trinajstić information content (AvgIpc) is 3.20. The maximum Gasteiger partial charge on any atom is 0.281 e. The summed E-state index contributed by atoms with van der Waals surface area (Å²) >= 11 is 5.87. The fourth-order valence-corrected chi connectivity index (χ4v) is 3.46. The predicted octanol–water partition coefficient (Wildman–Crippen LogP) is 3.10. The summed E-state index contributed by atoms with van der Waals surface area (Å²) in [5, 5.41) is 0.832.